The second-order valence-corrected chi connectivity index (χ2v) is 3.50. The van der Waals surface area contributed by atoms with Gasteiger partial charge in [0.2, 0.25) is 19.2 Å². The molecule has 3 atom stereocenters. The average Bonchev–Trinajstić information content (AvgIpc) is 2.59. The molecule has 0 aromatic heterocycles. The number of nitrogens with one attached hydrogen (secondary N) is 1. The molecule has 1 saturated carbocycles. The lowest BCUT2D eigenvalue weighted by Crippen LogP contribution is -2.38. The third-order valence-corrected chi connectivity index (χ3v) is 2.50. The van der Waals surface area contributed by atoms with E-state index in [0.29, 0.717) is 0 Å². The molecule has 1 fully saturated rings. The van der Waals surface area contributed by atoms with Gasteiger partial charge in [-0.05, 0) is 12.8 Å². The van der Waals surface area contributed by atoms with E-state index >= 15 is 0 Å². The number of nitrogens with two attached hydrogens (primary N) is 1. The summed E-state index contributed by atoms with van der Waals surface area (Å²) in [6, 6.07) is 0. The van der Waals surface area contributed by atoms with E-state index in [-0.39, 0.29) is 18.7 Å². The molecule has 1 aliphatic carbocycles. The van der Waals surface area contributed by atoms with Gasteiger partial charge in [-0.3, -0.25) is 9.59 Å². The first-order valence-electron chi connectivity index (χ1n) is 5.08. The first kappa shape index (κ1) is 9.52. The monoisotopic (exact) mass is 198 g/mol. The van der Waals surface area contributed by atoms with E-state index in [1.54, 1.807) is 12.5 Å². The van der Waals surface area contributed by atoms with Gasteiger partial charge in [-0.1, -0.05) is 6.82 Å². The number of carbonyl (C=O) groups is 2. The predicted octanol–water partition coefficient (Wildman–Crippen LogP) is -1.36. The lowest BCUT2D eigenvalue weighted by atomic mass is 9.91. The predicted molar refractivity (Wildman–Crippen MR) is 51.2 cm³/mol. The second-order valence-electron chi connectivity index (χ2n) is 3.50. The van der Waals surface area contributed by atoms with E-state index in [4.69, 9.17) is 1.41 Å². The maximum Gasteiger partial charge on any atom is 0.242 e. The number of aliphatic hydroxyl groups excluding tert-OH is 1. The molecule has 0 spiro atoms. The molecule has 0 aromatic rings. The normalized spacial score (nSPS) is 31.9. The molecular weight excluding hydrogens is 183 g/mol. The number of aliphatic hydroxyl groups is 1. The topological polar surface area (TPSA) is 92.4 Å². The molecule has 6 heteroatoms. The van der Waals surface area contributed by atoms with Crippen molar-refractivity contribution in [1.29, 1.82) is 0 Å². The van der Waals surface area contributed by atoms with Crippen LogP contribution in [0.2, 0.25) is 8.23 Å². The number of carbonyl (C=O) groups excluding carboxylic acids is 2. The minimum Gasteiger partial charge on any atom is -0.403 e. The lowest BCUT2D eigenvalue weighted by molar-refractivity contribution is -0.131. The summed E-state index contributed by atoms with van der Waals surface area (Å²) in [5, 5.41) is 11.9. The van der Waals surface area contributed by atoms with Crippen molar-refractivity contribution in [2.24, 2.45) is 17.6 Å². The molecule has 2 amide bonds. The Balaban J connectivity index is 2.68. The summed E-state index contributed by atoms with van der Waals surface area (Å²) in [7, 11) is 1.49. The summed E-state index contributed by atoms with van der Waals surface area (Å²) < 4.78 is 6.75. The summed E-state index contributed by atoms with van der Waals surface area (Å²) in [5.41, 5.74) is 1.76. The Morgan fingerprint density at radius 2 is 2.21 bits per heavy atom. The fourth-order valence-corrected chi connectivity index (χ4v) is 1.84. The van der Waals surface area contributed by atoms with Gasteiger partial charge in [0.25, 0.3) is 0 Å². The molecule has 14 heavy (non-hydrogen) atoms. The van der Waals surface area contributed by atoms with Gasteiger partial charge in [0.1, 0.15) is 0 Å². The van der Waals surface area contributed by atoms with Crippen LogP contribution < -0.4 is 11.0 Å². The SMILES string of the molecule is [2H]NC(=O)[C@H]1C[C@@H](O)C[C@@H]1C(=O)N[B]C. The Bertz CT molecular complexity index is 264. The quantitative estimate of drug-likeness (QED) is 0.489. The standard InChI is InChI=1S/C8H14BN2O3/c1-9-11-8(14)6-3-4(12)2-5(6)7(10)13/h4-6,12H,2-3H2,1H3,(H2,10,13)(H,11,14)/t4-,5+,6+/m1/s1/i/hD. The highest BCUT2D eigenvalue weighted by Gasteiger charge is 2.40. The molecule has 1 aliphatic rings. The highest BCUT2D eigenvalue weighted by molar-refractivity contribution is 6.35. The van der Waals surface area contributed by atoms with Gasteiger partial charge < -0.3 is 16.1 Å². The third-order valence-electron chi connectivity index (χ3n) is 2.50. The van der Waals surface area contributed by atoms with Gasteiger partial charge in [0, 0.05) is 0 Å². The van der Waals surface area contributed by atoms with Crippen molar-refractivity contribution in [2.75, 3.05) is 0 Å². The first-order valence-corrected chi connectivity index (χ1v) is 4.58. The number of hydrogen-bond acceptors (Lipinski definition) is 3. The number of primary amides is 1. The zero-order valence-electron chi connectivity index (χ0n) is 8.99. The van der Waals surface area contributed by atoms with Crippen LogP contribution in [0.5, 0.6) is 0 Å². The molecule has 1 rings (SSSR count). The largest absolute Gasteiger partial charge is 0.403 e. The number of hydrogen-bond donors (Lipinski definition) is 3. The van der Waals surface area contributed by atoms with Crippen LogP contribution in [0.3, 0.4) is 0 Å². The summed E-state index contributed by atoms with van der Waals surface area (Å²) in [4.78, 5) is 22.8. The Kier molecular flexibility index (Phi) is 3.03. The number of amides is 2. The highest BCUT2D eigenvalue weighted by atomic mass is 16.3. The smallest absolute Gasteiger partial charge is 0.242 e. The molecule has 4 N–H and O–H groups in total. The van der Waals surface area contributed by atoms with Crippen molar-refractivity contribution in [1.82, 2.24) is 5.23 Å². The summed E-state index contributed by atoms with van der Waals surface area (Å²) in [5.74, 6) is -1.93. The highest BCUT2D eigenvalue weighted by Crippen LogP contribution is 2.31. The Hall–Kier alpha value is -1.04. The van der Waals surface area contributed by atoms with Crippen molar-refractivity contribution >= 4 is 19.2 Å². The van der Waals surface area contributed by atoms with Crippen LogP contribution >= 0.6 is 0 Å². The van der Waals surface area contributed by atoms with Gasteiger partial charge in [-0.25, -0.2) is 0 Å². The van der Waals surface area contributed by atoms with E-state index in [1.165, 1.54) is 7.41 Å². The average molecular weight is 198 g/mol. The number of rotatable bonds is 3. The maximum atomic E-state index is 11.5. The van der Waals surface area contributed by atoms with E-state index in [9.17, 15) is 14.7 Å². The molecule has 0 saturated heterocycles. The van der Waals surface area contributed by atoms with Crippen molar-refractivity contribution in [3.63, 3.8) is 0 Å². The van der Waals surface area contributed by atoms with Crippen LogP contribution in [0.1, 0.15) is 12.8 Å². The third kappa shape index (κ3) is 2.26. The van der Waals surface area contributed by atoms with Crippen molar-refractivity contribution in [3.8, 4) is 0 Å². The molecule has 0 aromatic carbocycles. The molecule has 1 radical (unpaired) electrons. The van der Waals surface area contributed by atoms with Gasteiger partial charge in [-0.15, -0.1) is 0 Å². The van der Waals surface area contributed by atoms with Crippen LogP contribution in [0.15, 0.2) is 0 Å². The van der Waals surface area contributed by atoms with E-state index in [0.717, 1.165) is 0 Å². The summed E-state index contributed by atoms with van der Waals surface area (Å²) >= 11 is 0. The van der Waals surface area contributed by atoms with E-state index in [2.05, 4.69) is 5.23 Å². The minimum atomic E-state index is -0.639. The molecule has 0 bridgehead atoms. The van der Waals surface area contributed by atoms with Crippen molar-refractivity contribution in [3.05, 3.63) is 0 Å². The Morgan fingerprint density at radius 3 is 2.79 bits per heavy atom. The van der Waals surface area contributed by atoms with Crippen molar-refractivity contribution in [2.45, 2.75) is 25.8 Å². The van der Waals surface area contributed by atoms with Gasteiger partial charge in [0.15, 0.2) is 1.41 Å². The maximum absolute atomic E-state index is 11.5. The molecule has 0 unspecified atom stereocenters. The molecular formula is C8H14BN2O3. The second kappa shape index (κ2) is 4.46. The van der Waals surface area contributed by atoms with Crippen LogP contribution in [-0.2, 0) is 9.59 Å². The fraction of sp³-hybridized carbons (Fsp3) is 0.750. The van der Waals surface area contributed by atoms with Gasteiger partial charge in [-0.2, -0.15) is 0 Å². The van der Waals surface area contributed by atoms with E-state index in [1.807, 2.05) is 0 Å². The Labute approximate surface area is 84.8 Å². The molecule has 0 aliphatic heterocycles. The van der Waals surface area contributed by atoms with Crippen molar-refractivity contribution < 1.29 is 16.1 Å². The minimum absolute atomic E-state index is 0.243. The van der Waals surface area contributed by atoms with E-state index < -0.39 is 23.8 Å². The molecule has 0 heterocycles. The molecule has 77 valence electrons. The molecule has 5 nitrogen and oxygen atoms in total. The van der Waals surface area contributed by atoms with Crippen LogP contribution in [0.4, 0.5) is 0 Å². The van der Waals surface area contributed by atoms with Gasteiger partial charge in [0.05, 0.1) is 17.9 Å². The van der Waals surface area contributed by atoms with Crippen LogP contribution in [0.25, 0.3) is 0 Å². The zero-order valence-corrected chi connectivity index (χ0v) is 7.99. The lowest BCUT2D eigenvalue weighted by Gasteiger charge is -2.14. The van der Waals surface area contributed by atoms with Crippen LogP contribution in [-0.4, -0.2) is 30.4 Å². The van der Waals surface area contributed by atoms with Crippen LogP contribution in [0, 0.1) is 11.8 Å². The Morgan fingerprint density at radius 1 is 1.57 bits per heavy atom. The fourth-order valence-electron chi connectivity index (χ4n) is 1.84. The summed E-state index contributed by atoms with van der Waals surface area (Å²) in [6.45, 7) is 1.67. The van der Waals surface area contributed by atoms with Gasteiger partial charge >= 0.3 is 0 Å². The zero-order chi connectivity index (χ0) is 11.4. The summed E-state index contributed by atoms with van der Waals surface area (Å²) in [6.07, 6.45) is -0.121. The first-order chi connectivity index (χ1) is 7.10.